The number of H-pyrrole nitrogens is 1. The minimum Gasteiger partial charge on any atom is -0.362 e. The Labute approximate surface area is 145 Å². The molecule has 1 aromatic carbocycles. The molecule has 7 nitrogen and oxygen atoms in total. The second-order valence-corrected chi connectivity index (χ2v) is 5.92. The molecule has 0 aliphatic carbocycles. The standard InChI is InChI=1S/C18H18N6O/c25-16(12-24-11-5-7-13-6-1-2-9-15(13)24)20-18-21-17(22-23-18)14-8-3-4-10-19-14/h1-4,6,8-10H,5,7,11-12H2,(H2,20,21,22,23,25). The van der Waals surface area contributed by atoms with Crippen LogP contribution in [0.1, 0.15) is 12.0 Å². The van der Waals surface area contributed by atoms with Gasteiger partial charge in [0.15, 0.2) is 5.82 Å². The highest BCUT2D eigenvalue weighted by Crippen LogP contribution is 2.26. The SMILES string of the molecule is O=C(CN1CCCc2ccccc21)Nc1n[nH]c(-c2ccccn2)n1. The number of fused-ring (bicyclic) bond motifs is 1. The van der Waals surface area contributed by atoms with Crippen molar-refractivity contribution < 1.29 is 4.79 Å². The fraction of sp³-hybridized carbons (Fsp3) is 0.222. The zero-order valence-corrected chi connectivity index (χ0v) is 13.6. The van der Waals surface area contributed by atoms with Crippen LogP contribution in [0.2, 0.25) is 0 Å². The summed E-state index contributed by atoms with van der Waals surface area (Å²) in [6.07, 6.45) is 3.79. The number of nitrogens with zero attached hydrogens (tertiary/aromatic N) is 4. The van der Waals surface area contributed by atoms with E-state index in [1.807, 2.05) is 30.3 Å². The number of rotatable bonds is 4. The minimum absolute atomic E-state index is 0.136. The summed E-state index contributed by atoms with van der Waals surface area (Å²) < 4.78 is 0. The zero-order valence-electron chi connectivity index (χ0n) is 13.6. The number of carbonyl (C=O) groups is 1. The molecule has 1 amide bonds. The molecule has 0 radical (unpaired) electrons. The fourth-order valence-corrected chi connectivity index (χ4v) is 3.05. The molecule has 1 aliphatic heterocycles. The summed E-state index contributed by atoms with van der Waals surface area (Å²) in [6, 6.07) is 13.8. The Morgan fingerprint density at radius 1 is 1.20 bits per heavy atom. The number of hydrogen-bond donors (Lipinski definition) is 2. The van der Waals surface area contributed by atoms with Gasteiger partial charge in [-0.15, -0.1) is 5.10 Å². The third kappa shape index (κ3) is 3.35. The molecule has 3 heterocycles. The molecular weight excluding hydrogens is 316 g/mol. The van der Waals surface area contributed by atoms with E-state index in [-0.39, 0.29) is 18.4 Å². The summed E-state index contributed by atoms with van der Waals surface area (Å²) in [6.45, 7) is 1.15. The van der Waals surface area contributed by atoms with E-state index in [4.69, 9.17) is 0 Å². The van der Waals surface area contributed by atoms with E-state index in [9.17, 15) is 4.79 Å². The third-order valence-corrected chi connectivity index (χ3v) is 4.19. The first-order valence-electron chi connectivity index (χ1n) is 8.26. The lowest BCUT2D eigenvalue weighted by Gasteiger charge is -2.30. The van der Waals surface area contributed by atoms with Crippen LogP contribution in [-0.4, -0.2) is 39.2 Å². The van der Waals surface area contributed by atoms with Crippen LogP contribution in [0.3, 0.4) is 0 Å². The highest BCUT2D eigenvalue weighted by Gasteiger charge is 2.19. The van der Waals surface area contributed by atoms with Crippen LogP contribution in [0, 0.1) is 0 Å². The van der Waals surface area contributed by atoms with Crippen LogP contribution in [0.15, 0.2) is 48.7 Å². The molecule has 2 N–H and O–H groups in total. The molecule has 126 valence electrons. The molecule has 4 rings (SSSR count). The van der Waals surface area contributed by atoms with Gasteiger partial charge in [-0.25, -0.2) is 0 Å². The van der Waals surface area contributed by atoms with Gasteiger partial charge in [-0.05, 0) is 36.6 Å². The van der Waals surface area contributed by atoms with Gasteiger partial charge in [0, 0.05) is 18.4 Å². The van der Waals surface area contributed by atoms with Crippen molar-refractivity contribution in [3.8, 4) is 11.5 Å². The molecule has 0 spiro atoms. The first kappa shape index (κ1) is 15.3. The van der Waals surface area contributed by atoms with E-state index in [0.29, 0.717) is 11.5 Å². The van der Waals surface area contributed by atoms with Crippen molar-refractivity contribution in [2.24, 2.45) is 0 Å². The van der Waals surface area contributed by atoms with Crippen molar-refractivity contribution >= 4 is 17.5 Å². The lowest BCUT2D eigenvalue weighted by molar-refractivity contribution is -0.115. The largest absolute Gasteiger partial charge is 0.362 e. The minimum atomic E-state index is -0.136. The number of anilines is 2. The molecular formula is C18H18N6O. The second kappa shape index (κ2) is 6.72. The quantitative estimate of drug-likeness (QED) is 0.764. The molecule has 0 saturated carbocycles. The van der Waals surface area contributed by atoms with Gasteiger partial charge in [-0.2, -0.15) is 4.98 Å². The lowest BCUT2D eigenvalue weighted by atomic mass is 10.0. The molecule has 0 atom stereocenters. The Morgan fingerprint density at radius 2 is 2.08 bits per heavy atom. The number of aryl methyl sites for hydroxylation is 1. The van der Waals surface area contributed by atoms with Crippen molar-refractivity contribution in [3.05, 3.63) is 54.2 Å². The highest BCUT2D eigenvalue weighted by molar-refractivity contribution is 5.93. The van der Waals surface area contributed by atoms with Crippen molar-refractivity contribution in [1.29, 1.82) is 0 Å². The maximum atomic E-state index is 12.4. The molecule has 25 heavy (non-hydrogen) atoms. The second-order valence-electron chi connectivity index (χ2n) is 5.92. The molecule has 0 bridgehead atoms. The van der Waals surface area contributed by atoms with E-state index in [1.54, 1.807) is 6.20 Å². The average Bonchev–Trinajstić information content (AvgIpc) is 3.11. The molecule has 0 unspecified atom stereocenters. The number of hydrogen-bond acceptors (Lipinski definition) is 5. The summed E-state index contributed by atoms with van der Waals surface area (Å²) in [4.78, 5) is 23.0. The van der Waals surface area contributed by atoms with E-state index in [1.165, 1.54) is 5.56 Å². The number of benzene rings is 1. The van der Waals surface area contributed by atoms with Crippen LogP contribution in [0.25, 0.3) is 11.5 Å². The fourth-order valence-electron chi connectivity index (χ4n) is 3.05. The number of aromatic amines is 1. The van der Waals surface area contributed by atoms with Gasteiger partial charge in [-0.3, -0.25) is 20.2 Å². The predicted octanol–water partition coefficient (Wildman–Crippen LogP) is 2.26. The number of aromatic nitrogens is 4. The molecule has 1 aliphatic rings. The van der Waals surface area contributed by atoms with Gasteiger partial charge >= 0.3 is 0 Å². The summed E-state index contributed by atoms with van der Waals surface area (Å²) in [5, 5.41) is 9.59. The topological polar surface area (TPSA) is 86.8 Å². The molecule has 3 aromatic rings. The third-order valence-electron chi connectivity index (χ3n) is 4.19. The molecule has 2 aromatic heterocycles. The Kier molecular flexibility index (Phi) is 4.12. The first-order valence-corrected chi connectivity index (χ1v) is 8.26. The van der Waals surface area contributed by atoms with E-state index in [2.05, 4.69) is 42.5 Å². The van der Waals surface area contributed by atoms with Crippen molar-refractivity contribution in [3.63, 3.8) is 0 Å². The van der Waals surface area contributed by atoms with Crippen molar-refractivity contribution in [2.45, 2.75) is 12.8 Å². The number of nitrogens with one attached hydrogen (secondary N) is 2. The molecule has 7 heteroatoms. The van der Waals surface area contributed by atoms with Crippen molar-refractivity contribution in [2.75, 3.05) is 23.3 Å². The smallest absolute Gasteiger partial charge is 0.249 e. The van der Waals surface area contributed by atoms with E-state index in [0.717, 1.165) is 25.1 Å². The molecule has 0 saturated heterocycles. The van der Waals surface area contributed by atoms with Gasteiger partial charge in [0.05, 0.1) is 6.54 Å². The van der Waals surface area contributed by atoms with Gasteiger partial charge < -0.3 is 4.90 Å². The Balaban J connectivity index is 1.43. The van der Waals surface area contributed by atoms with Crippen LogP contribution in [-0.2, 0) is 11.2 Å². The van der Waals surface area contributed by atoms with Crippen LogP contribution >= 0.6 is 0 Å². The number of para-hydroxylation sites is 1. The predicted molar refractivity (Wildman–Crippen MR) is 95.2 cm³/mol. The van der Waals surface area contributed by atoms with Gasteiger partial charge in [0.25, 0.3) is 0 Å². The first-order chi connectivity index (χ1) is 12.3. The average molecular weight is 334 g/mol. The zero-order chi connectivity index (χ0) is 17.1. The van der Waals surface area contributed by atoms with Gasteiger partial charge in [0.1, 0.15) is 5.69 Å². The van der Waals surface area contributed by atoms with E-state index < -0.39 is 0 Å². The maximum Gasteiger partial charge on any atom is 0.249 e. The Hall–Kier alpha value is -3.22. The Morgan fingerprint density at radius 3 is 2.96 bits per heavy atom. The highest BCUT2D eigenvalue weighted by atomic mass is 16.2. The Bertz CT molecular complexity index is 876. The summed E-state index contributed by atoms with van der Waals surface area (Å²) in [5.41, 5.74) is 3.10. The number of carbonyl (C=O) groups excluding carboxylic acids is 1. The summed E-state index contributed by atoms with van der Waals surface area (Å²) in [7, 11) is 0. The van der Waals surface area contributed by atoms with Crippen molar-refractivity contribution in [1.82, 2.24) is 20.2 Å². The van der Waals surface area contributed by atoms with Gasteiger partial charge in [0.2, 0.25) is 11.9 Å². The van der Waals surface area contributed by atoms with Crippen LogP contribution < -0.4 is 10.2 Å². The van der Waals surface area contributed by atoms with E-state index >= 15 is 0 Å². The normalized spacial score (nSPS) is 13.4. The summed E-state index contributed by atoms with van der Waals surface area (Å²) in [5.74, 6) is 0.651. The number of pyridine rings is 1. The summed E-state index contributed by atoms with van der Waals surface area (Å²) >= 11 is 0. The monoisotopic (exact) mass is 334 g/mol. The van der Waals surface area contributed by atoms with Gasteiger partial charge in [-0.1, -0.05) is 24.3 Å². The molecule has 0 fully saturated rings. The van der Waals surface area contributed by atoms with Crippen LogP contribution in [0.4, 0.5) is 11.6 Å². The number of amides is 1. The maximum absolute atomic E-state index is 12.4. The lowest BCUT2D eigenvalue weighted by Crippen LogP contribution is -2.36. The van der Waals surface area contributed by atoms with Crippen LogP contribution in [0.5, 0.6) is 0 Å².